The van der Waals surface area contributed by atoms with Crippen LogP contribution in [0, 0.1) is 0 Å². The third-order valence-electron chi connectivity index (χ3n) is 6.02. The number of phenols is 1. The molecule has 0 aliphatic carbocycles. The number of carbonyl (C=O) groups excluding carboxylic acids is 3. The van der Waals surface area contributed by atoms with E-state index in [0.29, 0.717) is 12.1 Å². The smallest absolute Gasteiger partial charge is 0.408 e. The summed E-state index contributed by atoms with van der Waals surface area (Å²) in [6.45, 7) is 7.37. The van der Waals surface area contributed by atoms with Crippen molar-refractivity contribution in [2.75, 3.05) is 17.6 Å². The van der Waals surface area contributed by atoms with Crippen LogP contribution in [0.4, 0.5) is 10.5 Å². The van der Waals surface area contributed by atoms with Gasteiger partial charge in [0.25, 0.3) is 5.91 Å². The van der Waals surface area contributed by atoms with E-state index in [1.54, 1.807) is 45.0 Å². The molecule has 3 rings (SSSR count). The van der Waals surface area contributed by atoms with Crippen LogP contribution in [-0.4, -0.2) is 51.9 Å². The SMILES string of the molecule is CCCCN(C(=O)C(CS)NC(=O)OC(C)(C)C)C(C(=O)Nc1ccc2ccccc2c1)c1ccccc1O. The van der Waals surface area contributed by atoms with Crippen LogP contribution >= 0.6 is 12.6 Å². The second kappa shape index (κ2) is 13.4. The molecule has 208 valence electrons. The van der Waals surface area contributed by atoms with Gasteiger partial charge in [0.05, 0.1) is 0 Å². The number of alkyl carbamates (subject to hydrolysis) is 1. The zero-order chi connectivity index (χ0) is 28.6. The molecule has 3 aromatic carbocycles. The number of ether oxygens (including phenoxy) is 1. The molecule has 0 bridgehead atoms. The first kappa shape index (κ1) is 29.8. The Balaban J connectivity index is 1.99. The first-order valence-electron chi connectivity index (χ1n) is 13.0. The van der Waals surface area contributed by atoms with E-state index >= 15 is 0 Å². The highest BCUT2D eigenvalue weighted by atomic mass is 32.1. The fourth-order valence-corrected chi connectivity index (χ4v) is 4.43. The normalized spacial score (nSPS) is 12.8. The number of phenolic OH excluding ortho intramolecular Hbond substituents is 1. The van der Waals surface area contributed by atoms with Crippen molar-refractivity contribution in [2.24, 2.45) is 0 Å². The van der Waals surface area contributed by atoms with Gasteiger partial charge in [0.1, 0.15) is 23.4 Å². The molecule has 0 aromatic heterocycles. The summed E-state index contributed by atoms with van der Waals surface area (Å²) in [6.07, 6.45) is 0.601. The standard InChI is InChI=1S/C30H37N3O5S/c1-5-6-17-33(28(36)24(19-39)32-29(37)38-30(2,3)4)26(23-13-9-10-14-25(23)34)27(35)31-22-16-15-20-11-7-8-12-21(20)18-22/h7-16,18,24,26,34,39H,5-6,17,19H2,1-4H3,(H,31,35)(H,32,37). The Hall–Kier alpha value is -3.72. The Morgan fingerprint density at radius 2 is 1.67 bits per heavy atom. The van der Waals surface area contributed by atoms with Crippen LogP contribution in [-0.2, 0) is 14.3 Å². The maximum absolute atomic E-state index is 13.9. The number of carbonyl (C=O) groups is 3. The summed E-state index contributed by atoms with van der Waals surface area (Å²) >= 11 is 4.30. The molecule has 3 N–H and O–H groups in total. The summed E-state index contributed by atoms with van der Waals surface area (Å²) in [7, 11) is 0. The number of hydrogen-bond acceptors (Lipinski definition) is 6. The van der Waals surface area contributed by atoms with Crippen LogP contribution in [0.5, 0.6) is 5.75 Å². The van der Waals surface area contributed by atoms with Gasteiger partial charge >= 0.3 is 6.09 Å². The minimum Gasteiger partial charge on any atom is -0.508 e. The van der Waals surface area contributed by atoms with E-state index < -0.39 is 35.6 Å². The summed E-state index contributed by atoms with van der Waals surface area (Å²) in [5.41, 5.74) is 0.0731. The van der Waals surface area contributed by atoms with Gasteiger partial charge in [0, 0.05) is 23.5 Å². The number of nitrogens with one attached hydrogen (secondary N) is 2. The first-order valence-corrected chi connectivity index (χ1v) is 13.7. The van der Waals surface area contributed by atoms with E-state index in [1.807, 2.05) is 43.3 Å². The van der Waals surface area contributed by atoms with Gasteiger partial charge in [0.15, 0.2) is 0 Å². The van der Waals surface area contributed by atoms with Crippen LogP contribution in [0.25, 0.3) is 10.8 Å². The largest absolute Gasteiger partial charge is 0.508 e. The molecule has 0 aliphatic rings. The second-order valence-corrected chi connectivity index (χ2v) is 10.6. The predicted molar refractivity (Wildman–Crippen MR) is 157 cm³/mol. The van der Waals surface area contributed by atoms with Crippen molar-refractivity contribution in [3.63, 3.8) is 0 Å². The molecule has 2 unspecified atom stereocenters. The van der Waals surface area contributed by atoms with Crippen LogP contribution in [0.15, 0.2) is 66.7 Å². The number of benzene rings is 3. The number of amides is 3. The predicted octanol–water partition coefficient (Wildman–Crippen LogP) is 5.68. The van der Waals surface area contributed by atoms with Gasteiger partial charge in [-0.15, -0.1) is 0 Å². The van der Waals surface area contributed by atoms with Crippen molar-refractivity contribution in [1.82, 2.24) is 10.2 Å². The molecule has 0 fully saturated rings. The molecule has 3 aromatic rings. The lowest BCUT2D eigenvalue weighted by atomic mass is 10.0. The zero-order valence-electron chi connectivity index (χ0n) is 22.8. The second-order valence-electron chi connectivity index (χ2n) is 10.3. The van der Waals surface area contributed by atoms with E-state index in [9.17, 15) is 19.5 Å². The molecular weight excluding hydrogens is 514 g/mol. The molecular formula is C30H37N3O5S. The summed E-state index contributed by atoms with van der Waals surface area (Å²) in [6, 6.07) is 17.5. The number of thiol groups is 1. The number of nitrogens with zero attached hydrogens (tertiary/aromatic N) is 1. The summed E-state index contributed by atoms with van der Waals surface area (Å²) in [5, 5.41) is 18.2. The van der Waals surface area contributed by atoms with Gasteiger partial charge in [-0.25, -0.2) is 4.79 Å². The molecule has 0 radical (unpaired) electrons. The average Bonchev–Trinajstić information content (AvgIpc) is 2.89. The summed E-state index contributed by atoms with van der Waals surface area (Å²) < 4.78 is 5.33. The minimum absolute atomic E-state index is 0.0134. The molecule has 39 heavy (non-hydrogen) atoms. The molecule has 0 heterocycles. The molecule has 2 atom stereocenters. The van der Waals surface area contributed by atoms with E-state index in [4.69, 9.17) is 4.74 Å². The Morgan fingerprint density at radius 1 is 1.00 bits per heavy atom. The molecule has 0 spiro atoms. The molecule has 0 aliphatic heterocycles. The highest BCUT2D eigenvalue weighted by molar-refractivity contribution is 7.80. The van der Waals surface area contributed by atoms with E-state index in [2.05, 4.69) is 23.3 Å². The number of para-hydroxylation sites is 1. The van der Waals surface area contributed by atoms with Crippen LogP contribution in [0.2, 0.25) is 0 Å². The van der Waals surface area contributed by atoms with Crippen molar-refractivity contribution in [3.05, 3.63) is 72.3 Å². The van der Waals surface area contributed by atoms with Crippen molar-refractivity contribution in [3.8, 4) is 5.75 Å². The van der Waals surface area contributed by atoms with Crippen LogP contribution in [0.3, 0.4) is 0 Å². The van der Waals surface area contributed by atoms with Crippen LogP contribution in [0.1, 0.15) is 52.1 Å². The van der Waals surface area contributed by atoms with Gasteiger partial charge in [-0.1, -0.05) is 61.9 Å². The van der Waals surface area contributed by atoms with Crippen molar-refractivity contribution in [2.45, 2.75) is 58.2 Å². The number of rotatable bonds is 10. The Morgan fingerprint density at radius 3 is 2.31 bits per heavy atom. The number of unbranched alkanes of at least 4 members (excludes halogenated alkanes) is 1. The fraction of sp³-hybridized carbons (Fsp3) is 0.367. The highest BCUT2D eigenvalue weighted by Crippen LogP contribution is 2.31. The van der Waals surface area contributed by atoms with E-state index in [-0.39, 0.29) is 23.6 Å². The first-order chi connectivity index (χ1) is 18.5. The van der Waals surface area contributed by atoms with Crippen LogP contribution < -0.4 is 10.6 Å². The number of aromatic hydroxyl groups is 1. The van der Waals surface area contributed by atoms with E-state index in [1.165, 1.54) is 11.0 Å². The highest BCUT2D eigenvalue weighted by Gasteiger charge is 2.36. The minimum atomic E-state index is -1.17. The summed E-state index contributed by atoms with van der Waals surface area (Å²) in [4.78, 5) is 41.7. The summed E-state index contributed by atoms with van der Waals surface area (Å²) in [5.74, 6) is -1.13. The van der Waals surface area contributed by atoms with Gasteiger partial charge in [-0.05, 0) is 56.2 Å². The molecule has 8 nitrogen and oxygen atoms in total. The van der Waals surface area contributed by atoms with E-state index in [0.717, 1.165) is 17.2 Å². The monoisotopic (exact) mass is 551 g/mol. The number of fused-ring (bicyclic) bond motifs is 1. The zero-order valence-corrected chi connectivity index (χ0v) is 23.7. The van der Waals surface area contributed by atoms with Gasteiger partial charge in [0.2, 0.25) is 5.91 Å². The topological polar surface area (TPSA) is 108 Å². The Kier molecular flexibility index (Phi) is 10.2. The third kappa shape index (κ3) is 8.13. The molecule has 0 saturated carbocycles. The van der Waals surface area contributed by atoms with Crippen molar-refractivity contribution in [1.29, 1.82) is 0 Å². The Labute approximate surface area is 235 Å². The lowest BCUT2D eigenvalue weighted by Gasteiger charge is -2.34. The number of hydrogen-bond donors (Lipinski definition) is 4. The average molecular weight is 552 g/mol. The lowest BCUT2D eigenvalue weighted by Crippen LogP contribution is -2.53. The lowest BCUT2D eigenvalue weighted by molar-refractivity contribution is -0.140. The molecule has 9 heteroatoms. The van der Waals surface area contributed by atoms with Gasteiger partial charge in [-0.2, -0.15) is 12.6 Å². The number of anilines is 1. The molecule has 3 amide bonds. The maximum Gasteiger partial charge on any atom is 0.408 e. The quantitative estimate of drug-likeness (QED) is 0.243. The fourth-order valence-electron chi connectivity index (χ4n) is 4.18. The van der Waals surface area contributed by atoms with Crippen molar-refractivity contribution >= 4 is 47.0 Å². The van der Waals surface area contributed by atoms with Gasteiger partial charge < -0.3 is 25.4 Å². The Bertz CT molecular complexity index is 1310. The molecule has 0 saturated heterocycles. The van der Waals surface area contributed by atoms with Crippen molar-refractivity contribution < 1.29 is 24.2 Å². The van der Waals surface area contributed by atoms with Gasteiger partial charge in [-0.3, -0.25) is 9.59 Å². The third-order valence-corrected chi connectivity index (χ3v) is 6.38. The maximum atomic E-state index is 13.9.